The molecule has 0 bridgehead atoms. The first-order chi connectivity index (χ1) is 13.2. The van der Waals surface area contributed by atoms with E-state index in [1.54, 1.807) is 25.7 Å². The molecule has 0 spiro atoms. The van der Waals surface area contributed by atoms with Gasteiger partial charge in [-0.1, -0.05) is 0 Å². The number of anilines is 1. The van der Waals surface area contributed by atoms with Crippen LogP contribution in [-0.4, -0.2) is 58.8 Å². The summed E-state index contributed by atoms with van der Waals surface area (Å²) in [5.41, 5.74) is 0.977. The quantitative estimate of drug-likeness (QED) is 0.829. The van der Waals surface area contributed by atoms with E-state index in [0.29, 0.717) is 31.4 Å². The lowest BCUT2D eigenvalue weighted by Gasteiger charge is -2.34. The SMILES string of the molecule is COc1cc(N2Cc3cncn3[C@H](C(=O)NCC3CCOCC3)C2)ncn1. The first-order valence-electron chi connectivity index (χ1n) is 9.21. The Morgan fingerprint density at radius 1 is 1.37 bits per heavy atom. The number of ether oxygens (including phenoxy) is 2. The summed E-state index contributed by atoms with van der Waals surface area (Å²) in [5.74, 6) is 1.72. The molecule has 1 N–H and O–H groups in total. The minimum Gasteiger partial charge on any atom is -0.481 e. The molecule has 2 aliphatic rings. The van der Waals surface area contributed by atoms with Crippen LogP contribution in [0.5, 0.6) is 5.88 Å². The van der Waals surface area contributed by atoms with Crippen molar-refractivity contribution < 1.29 is 14.3 Å². The fraction of sp³-hybridized carbons (Fsp3) is 0.556. The number of nitrogens with zero attached hydrogens (tertiary/aromatic N) is 5. The van der Waals surface area contributed by atoms with Crippen LogP contribution in [0.2, 0.25) is 0 Å². The van der Waals surface area contributed by atoms with E-state index >= 15 is 0 Å². The van der Waals surface area contributed by atoms with Gasteiger partial charge in [-0.2, -0.15) is 0 Å². The van der Waals surface area contributed by atoms with Crippen LogP contribution in [0.25, 0.3) is 0 Å². The molecule has 0 radical (unpaired) electrons. The molecule has 1 saturated heterocycles. The van der Waals surface area contributed by atoms with Gasteiger partial charge in [0.15, 0.2) is 0 Å². The molecule has 2 aromatic rings. The van der Waals surface area contributed by atoms with Crippen molar-refractivity contribution in [3.8, 4) is 5.88 Å². The normalized spacial score (nSPS) is 20.2. The summed E-state index contributed by atoms with van der Waals surface area (Å²) >= 11 is 0. The van der Waals surface area contributed by atoms with Gasteiger partial charge >= 0.3 is 0 Å². The van der Waals surface area contributed by atoms with Crippen LogP contribution in [0.4, 0.5) is 5.82 Å². The zero-order chi connectivity index (χ0) is 18.6. The third kappa shape index (κ3) is 3.87. The molecular weight excluding hydrogens is 348 g/mol. The van der Waals surface area contributed by atoms with E-state index in [9.17, 15) is 4.79 Å². The van der Waals surface area contributed by atoms with E-state index in [1.165, 1.54) is 6.33 Å². The van der Waals surface area contributed by atoms with Crippen molar-refractivity contribution in [1.29, 1.82) is 0 Å². The highest BCUT2D eigenvalue weighted by molar-refractivity contribution is 5.81. The highest BCUT2D eigenvalue weighted by Crippen LogP contribution is 2.26. The van der Waals surface area contributed by atoms with Crippen LogP contribution in [-0.2, 0) is 16.1 Å². The van der Waals surface area contributed by atoms with Crippen LogP contribution < -0.4 is 15.0 Å². The Bertz CT molecular complexity index is 789. The van der Waals surface area contributed by atoms with Crippen LogP contribution in [0.3, 0.4) is 0 Å². The molecule has 4 heterocycles. The van der Waals surface area contributed by atoms with Gasteiger partial charge in [-0.25, -0.2) is 15.0 Å². The highest BCUT2D eigenvalue weighted by atomic mass is 16.5. The van der Waals surface area contributed by atoms with E-state index in [-0.39, 0.29) is 11.9 Å². The number of methoxy groups -OCH3 is 1. The average molecular weight is 372 g/mol. The lowest BCUT2D eigenvalue weighted by atomic mass is 10.0. The molecule has 9 heteroatoms. The summed E-state index contributed by atoms with van der Waals surface area (Å²) in [6, 6.07) is 1.43. The van der Waals surface area contributed by atoms with Crippen molar-refractivity contribution in [3.05, 3.63) is 30.6 Å². The number of nitrogens with one attached hydrogen (secondary N) is 1. The molecule has 144 valence electrons. The topological polar surface area (TPSA) is 94.4 Å². The Morgan fingerprint density at radius 2 is 2.22 bits per heavy atom. The van der Waals surface area contributed by atoms with E-state index in [0.717, 1.165) is 37.6 Å². The Morgan fingerprint density at radius 3 is 3.04 bits per heavy atom. The molecule has 1 amide bonds. The van der Waals surface area contributed by atoms with Crippen molar-refractivity contribution in [2.24, 2.45) is 5.92 Å². The zero-order valence-corrected chi connectivity index (χ0v) is 15.4. The number of rotatable bonds is 5. The van der Waals surface area contributed by atoms with E-state index in [4.69, 9.17) is 9.47 Å². The van der Waals surface area contributed by atoms with Gasteiger partial charge < -0.3 is 24.3 Å². The van der Waals surface area contributed by atoms with Crippen molar-refractivity contribution in [3.63, 3.8) is 0 Å². The van der Waals surface area contributed by atoms with Crippen LogP contribution >= 0.6 is 0 Å². The molecule has 9 nitrogen and oxygen atoms in total. The number of hydrogen-bond donors (Lipinski definition) is 1. The molecule has 0 saturated carbocycles. The molecule has 2 aromatic heterocycles. The van der Waals surface area contributed by atoms with Gasteiger partial charge in [0.25, 0.3) is 0 Å². The third-order valence-corrected chi connectivity index (χ3v) is 5.20. The van der Waals surface area contributed by atoms with E-state index in [1.807, 2.05) is 4.57 Å². The second-order valence-corrected chi connectivity index (χ2v) is 6.91. The molecule has 1 atom stereocenters. The highest BCUT2D eigenvalue weighted by Gasteiger charge is 2.31. The van der Waals surface area contributed by atoms with Gasteiger partial charge in [-0.15, -0.1) is 0 Å². The second kappa shape index (κ2) is 7.91. The minimum absolute atomic E-state index is 0.00598. The van der Waals surface area contributed by atoms with Gasteiger partial charge in [-0.05, 0) is 18.8 Å². The van der Waals surface area contributed by atoms with Crippen molar-refractivity contribution in [1.82, 2.24) is 24.8 Å². The molecule has 2 aliphatic heterocycles. The Hall–Kier alpha value is -2.68. The lowest BCUT2D eigenvalue weighted by Crippen LogP contribution is -2.46. The summed E-state index contributed by atoms with van der Waals surface area (Å²) in [5, 5.41) is 3.12. The number of aromatic nitrogens is 4. The number of carbonyl (C=O) groups is 1. The maximum atomic E-state index is 12.9. The number of hydrogen-bond acceptors (Lipinski definition) is 7. The zero-order valence-electron chi connectivity index (χ0n) is 15.4. The maximum absolute atomic E-state index is 12.9. The van der Waals surface area contributed by atoms with Gasteiger partial charge in [-0.3, -0.25) is 4.79 Å². The van der Waals surface area contributed by atoms with Crippen LogP contribution in [0.15, 0.2) is 24.9 Å². The number of carbonyl (C=O) groups excluding carboxylic acids is 1. The van der Waals surface area contributed by atoms with Crippen LogP contribution in [0, 0.1) is 5.92 Å². The van der Waals surface area contributed by atoms with E-state index < -0.39 is 0 Å². The molecule has 0 aliphatic carbocycles. The number of fused-ring (bicyclic) bond motifs is 1. The Balaban J connectivity index is 1.48. The van der Waals surface area contributed by atoms with Gasteiger partial charge in [0.05, 0.1) is 25.7 Å². The maximum Gasteiger partial charge on any atom is 0.244 e. The standard InChI is InChI=1S/C18H24N6O3/c1-26-17-6-16(21-11-22-17)23-9-14-8-19-12-24(14)15(10-23)18(25)20-7-13-2-4-27-5-3-13/h6,8,11-13,15H,2-5,7,9-10H2,1H3,(H,20,25)/t15-/m0/s1. The fourth-order valence-electron chi connectivity index (χ4n) is 3.60. The summed E-state index contributed by atoms with van der Waals surface area (Å²) in [6.45, 7) is 3.38. The molecule has 27 heavy (non-hydrogen) atoms. The van der Waals surface area contributed by atoms with Gasteiger partial charge in [0.2, 0.25) is 11.8 Å². The molecular formula is C18H24N6O3. The summed E-state index contributed by atoms with van der Waals surface area (Å²) < 4.78 is 12.5. The van der Waals surface area contributed by atoms with Crippen molar-refractivity contribution in [2.45, 2.75) is 25.4 Å². The fourth-order valence-corrected chi connectivity index (χ4v) is 3.60. The monoisotopic (exact) mass is 372 g/mol. The largest absolute Gasteiger partial charge is 0.481 e. The summed E-state index contributed by atoms with van der Waals surface area (Å²) in [4.78, 5) is 27.6. The number of imidazole rings is 1. The van der Waals surface area contributed by atoms with Crippen LogP contribution in [0.1, 0.15) is 24.6 Å². The first-order valence-corrected chi connectivity index (χ1v) is 9.21. The summed E-state index contributed by atoms with van der Waals surface area (Å²) in [6.07, 6.45) is 6.98. The average Bonchev–Trinajstić information content (AvgIpc) is 3.21. The Labute approximate surface area is 157 Å². The number of amides is 1. The molecule has 0 unspecified atom stereocenters. The summed E-state index contributed by atoms with van der Waals surface area (Å²) in [7, 11) is 1.57. The third-order valence-electron chi connectivity index (χ3n) is 5.20. The molecule has 0 aromatic carbocycles. The minimum atomic E-state index is -0.350. The predicted octanol–water partition coefficient (Wildman–Crippen LogP) is 0.786. The van der Waals surface area contributed by atoms with Crippen molar-refractivity contribution in [2.75, 3.05) is 38.3 Å². The first kappa shape index (κ1) is 17.7. The second-order valence-electron chi connectivity index (χ2n) is 6.91. The van der Waals surface area contributed by atoms with Gasteiger partial charge in [0.1, 0.15) is 18.2 Å². The lowest BCUT2D eigenvalue weighted by molar-refractivity contribution is -0.124. The van der Waals surface area contributed by atoms with E-state index in [2.05, 4.69) is 25.2 Å². The molecule has 1 fully saturated rings. The molecule has 4 rings (SSSR count). The smallest absolute Gasteiger partial charge is 0.244 e. The predicted molar refractivity (Wildman–Crippen MR) is 97.5 cm³/mol. The Kier molecular flexibility index (Phi) is 5.19. The van der Waals surface area contributed by atoms with Crippen molar-refractivity contribution >= 4 is 11.7 Å². The van der Waals surface area contributed by atoms with Gasteiger partial charge in [0, 0.05) is 38.6 Å².